The molecule has 1 aliphatic carbocycles. The van der Waals surface area contributed by atoms with E-state index in [4.69, 9.17) is 0 Å². The van der Waals surface area contributed by atoms with E-state index < -0.39 is 10.0 Å². The van der Waals surface area contributed by atoms with Crippen LogP contribution in [0.3, 0.4) is 0 Å². The van der Waals surface area contributed by atoms with Gasteiger partial charge in [0.05, 0.1) is 0 Å². The summed E-state index contributed by atoms with van der Waals surface area (Å²) in [6.07, 6.45) is 7.30. The molecule has 20 heavy (non-hydrogen) atoms. The van der Waals surface area contributed by atoms with Gasteiger partial charge in [-0.1, -0.05) is 35.2 Å². The minimum absolute atomic E-state index is 0.0507. The van der Waals surface area contributed by atoms with E-state index >= 15 is 0 Å². The van der Waals surface area contributed by atoms with Gasteiger partial charge in [0.2, 0.25) is 0 Å². The molecule has 0 amide bonds. The lowest BCUT2D eigenvalue weighted by atomic mass is 9.76. The molecule has 0 atom stereocenters. The summed E-state index contributed by atoms with van der Waals surface area (Å²) in [5.41, 5.74) is 0.0507. The maximum Gasteiger partial charge on any atom is 0.259 e. The molecule has 1 aliphatic rings. The number of imidazole rings is 1. The highest BCUT2D eigenvalue weighted by atomic mass is 79.9. The topological polar surface area (TPSA) is 64.0 Å². The smallest absolute Gasteiger partial charge is 0.259 e. The zero-order chi connectivity index (χ0) is 14.8. The van der Waals surface area contributed by atoms with Crippen LogP contribution >= 0.6 is 15.9 Å². The number of alkyl halides is 1. The maximum atomic E-state index is 12.3. The predicted molar refractivity (Wildman–Crippen MR) is 82.4 cm³/mol. The molecular formula is C13H22BrN3O2S. The van der Waals surface area contributed by atoms with Crippen molar-refractivity contribution in [1.29, 1.82) is 0 Å². The van der Waals surface area contributed by atoms with Gasteiger partial charge in [0.15, 0.2) is 5.03 Å². The lowest BCUT2D eigenvalue weighted by molar-refractivity contribution is 0.227. The minimum Gasteiger partial charge on any atom is -0.337 e. The SMILES string of the molecule is Cc1nc(S(=O)(=O)NCC2(CBr)CCCCC2)cn1C. The number of aryl methyl sites for hydroxylation is 2. The number of nitrogens with zero attached hydrogens (tertiary/aromatic N) is 2. The van der Waals surface area contributed by atoms with Gasteiger partial charge < -0.3 is 4.57 Å². The first kappa shape index (κ1) is 16.0. The van der Waals surface area contributed by atoms with E-state index in [1.807, 2.05) is 0 Å². The Morgan fingerprint density at radius 3 is 2.55 bits per heavy atom. The Balaban J connectivity index is 2.08. The Hall–Kier alpha value is -0.400. The van der Waals surface area contributed by atoms with Gasteiger partial charge >= 0.3 is 0 Å². The molecule has 5 nitrogen and oxygen atoms in total. The second-order valence-corrected chi connectivity index (χ2v) is 8.03. The largest absolute Gasteiger partial charge is 0.337 e. The first-order chi connectivity index (χ1) is 9.38. The van der Waals surface area contributed by atoms with Crippen LogP contribution in [0.4, 0.5) is 0 Å². The summed E-state index contributed by atoms with van der Waals surface area (Å²) in [5, 5.41) is 0.946. The van der Waals surface area contributed by atoms with E-state index in [9.17, 15) is 8.42 Å². The first-order valence-corrected chi connectivity index (χ1v) is 9.55. The van der Waals surface area contributed by atoms with Crippen LogP contribution in [0.5, 0.6) is 0 Å². The van der Waals surface area contributed by atoms with Gasteiger partial charge in [-0.05, 0) is 25.2 Å². The van der Waals surface area contributed by atoms with E-state index in [-0.39, 0.29) is 10.4 Å². The normalized spacial score (nSPS) is 19.1. The molecule has 0 saturated heterocycles. The first-order valence-electron chi connectivity index (χ1n) is 6.94. The molecule has 0 aromatic carbocycles. The van der Waals surface area contributed by atoms with E-state index in [2.05, 4.69) is 25.6 Å². The van der Waals surface area contributed by atoms with Crippen molar-refractivity contribution >= 4 is 26.0 Å². The molecule has 7 heteroatoms. The molecule has 0 radical (unpaired) electrons. The number of aromatic nitrogens is 2. The number of hydrogen-bond donors (Lipinski definition) is 1. The van der Waals surface area contributed by atoms with Crippen LogP contribution in [0.25, 0.3) is 0 Å². The summed E-state index contributed by atoms with van der Waals surface area (Å²) in [5.74, 6) is 0.693. The van der Waals surface area contributed by atoms with Crippen LogP contribution in [0.2, 0.25) is 0 Å². The molecule has 1 N–H and O–H groups in total. The van der Waals surface area contributed by atoms with Crippen LogP contribution < -0.4 is 4.72 Å². The third-order valence-electron chi connectivity index (χ3n) is 4.20. The van der Waals surface area contributed by atoms with Crippen molar-refractivity contribution in [3.05, 3.63) is 12.0 Å². The van der Waals surface area contributed by atoms with Gasteiger partial charge in [0, 0.05) is 25.1 Å². The quantitative estimate of drug-likeness (QED) is 0.816. The van der Waals surface area contributed by atoms with Gasteiger partial charge in [-0.25, -0.2) is 18.1 Å². The Bertz CT molecular complexity index is 543. The van der Waals surface area contributed by atoms with Crippen LogP contribution in [0, 0.1) is 12.3 Å². The molecule has 0 spiro atoms. The van der Waals surface area contributed by atoms with Crippen molar-refractivity contribution in [2.75, 3.05) is 11.9 Å². The van der Waals surface area contributed by atoms with E-state index in [0.29, 0.717) is 12.4 Å². The summed E-state index contributed by atoms with van der Waals surface area (Å²) in [6, 6.07) is 0. The number of rotatable bonds is 5. The molecule has 2 rings (SSSR count). The van der Waals surface area contributed by atoms with Crippen molar-refractivity contribution in [3.63, 3.8) is 0 Å². The van der Waals surface area contributed by atoms with Crippen molar-refractivity contribution in [2.24, 2.45) is 12.5 Å². The summed E-state index contributed by atoms with van der Waals surface area (Å²) < 4.78 is 29.1. The van der Waals surface area contributed by atoms with Gasteiger partial charge in [0.1, 0.15) is 5.82 Å². The summed E-state index contributed by atoms with van der Waals surface area (Å²) in [4.78, 5) is 4.09. The fourth-order valence-corrected chi connectivity index (χ4v) is 4.59. The standard InChI is InChI=1S/C13H22BrN3O2S/c1-11-16-12(8-17(11)2)20(18,19)15-10-13(9-14)6-4-3-5-7-13/h8,15H,3-7,9-10H2,1-2H3. The Kier molecular flexibility index (Phi) is 4.92. The van der Waals surface area contributed by atoms with Gasteiger partial charge in [-0.3, -0.25) is 0 Å². The zero-order valence-electron chi connectivity index (χ0n) is 12.0. The monoisotopic (exact) mass is 363 g/mol. The fourth-order valence-electron chi connectivity index (χ4n) is 2.64. The molecule has 1 aromatic rings. The fraction of sp³-hybridized carbons (Fsp3) is 0.769. The van der Waals surface area contributed by atoms with Crippen molar-refractivity contribution in [3.8, 4) is 0 Å². The Morgan fingerprint density at radius 1 is 1.40 bits per heavy atom. The average Bonchev–Trinajstić information content (AvgIpc) is 2.79. The second-order valence-electron chi connectivity index (χ2n) is 5.76. The number of nitrogens with one attached hydrogen (secondary N) is 1. The van der Waals surface area contributed by atoms with E-state index in [0.717, 1.165) is 18.2 Å². The number of sulfonamides is 1. The lowest BCUT2D eigenvalue weighted by Crippen LogP contribution is -2.40. The molecule has 1 saturated carbocycles. The number of hydrogen-bond acceptors (Lipinski definition) is 3. The van der Waals surface area contributed by atoms with Crippen molar-refractivity contribution < 1.29 is 8.42 Å². The van der Waals surface area contributed by atoms with Crippen LogP contribution in [-0.2, 0) is 17.1 Å². The lowest BCUT2D eigenvalue weighted by Gasteiger charge is -2.35. The number of halogens is 1. The Morgan fingerprint density at radius 2 is 2.05 bits per heavy atom. The molecule has 1 heterocycles. The summed E-state index contributed by atoms with van der Waals surface area (Å²) in [7, 11) is -1.72. The van der Waals surface area contributed by atoms with Crippen LogP contribution in [0.1, 0.15) is 37.9 Å². The summed E-state index contributed by atoms with van der Waals surface area (Å²) >= 11 is 3.55. The van der Waals surface area contributed by atoms with Crippen LogP contribution in [0.15, 0.2) is 11.2 Å². The molecule has 0 unspecified atom stereocenters. The average molecular weight is 364 g/mol. The molecular weight excluding hydrogens is 342 g/mol. The zero-order valence-corrected chi connectivity index (χ0v) is 14.4. The highest BCUT2D eigenvalue weighted by molar-refractivity contribution is 9.09. The van der Waals surface area contributed by atoms with Crippen LogP contribution in [-0.4, -0.2) is 29.8 Å². The third-order valence-corrected chi connectivity index (χ3v) is 6.66. The molecule has 0 aliphatic heterocycles. The highest BCUT2D eigenvalue weighted by Gasteiger charge is 2.33. The second kappa shape index (κ2) is 6.15. The highest BCUT2D eigenvalue weighted by Crippen LogP contribution is 2.37. The van der Waals surface area contributed by atoms with E-state index in [1.54, 1.807) is 24.7 Å². The van der Waals surface area contributed by atoms with Crippen molar-refractivity contribution in [2.45, 2.75) is 44.1 Å². The van der Waals surface area contributed by atoms with Crippen molar-refractivity contribution in [1.82, 2.24) is 14.3 Å². The van der Waals surface area contributed by atoms with Gasteiger partial charge in [-0.15, -0.1) is 0 Å². The molecule has 1 fully saturated rings. The van der Waals surface area contributed by atoms with Gasteiger partial charge in [0.25, 0.3) is 10.0 Å². The summed E-state index contributed by atoms with van der Waals surface area (Å²) in [6.45, 7) is 2.27. The Labute approximate surface area is 129 Å². The predicted octanol–water partition coefficient (Wildman–Crippen LogP) is 2.35. The van der Waals surface area contributed by atoms with E-state index in [1.165, 1.54) is 19.3 Å². The minimum atomic E-state index is -3.51. The molecule has 1 aromatic heterocycles. The van der Waals surface area contributed by atoms with Gasteiger partial charge in [-0.2, -0.15) is 0 Å². The molecule has 114 valence electrons. The molecule has 0 bridgehead atoms. The third kappa shape index (κ3) is 3.43. The maximum absolute atomic E-state index is 12.3.